The summed E-state index contributed by atoms with van der Waals surface area (Å²) in [5.41, 5.74) is 0. The van der Waals surface area contributed by atoms with Gasteiger partial charge in [-0.25, -0.2) is 0 Å². The highest BCUT2D eigenvalue weighted by molar-refractivity contribution is 5.84. The van der Waals surface area contributed by atoms with Crippen LogP contribution in [-0.4, -0.2) is 34.0 Å². The molecular formula is C13H22N2O5. The minimum absolute atomic E-state index is 0.291. The monoisotopic (exact) mass is 286 g/mol. The molecule has 7 nitrogen and oxygen atoms in total. The maximum absolute atomic E-state index is 12.2. The largest absolute Gasteiger partial charge is 0.480 e. The molecule has 1 fully saturated rings. The summed E-state index contributed by atoms with van der Waals surface area (Å²) in [7, 11) is 0. The molecule has 20 heavy (non-hydrogen) atoms. The molecule has 1 amide bonds. The summed E-state index contributed by atoms with van der Waals surface area (Å²) in [5.74, 6) is -2.29. The number of rotatable bonds is 6. The average Bonchev–Trinajstić information content (AvgIpc) is 2.39. The molecule has 0 radical (unpaired) electrons. The van der Waals surface area contributed by atoms with Gasteiger partial charge < -0.3 is 10.4 Å². The highest BCUT2D eigenvalue weighted by Crippen LogP contribution is 2.33. The van der Waals surface area contributed by atoms with Gasteiger partial charge in [0, 0.05) is 23.2 Å². The SMILES string of the molecule is CC[C@@H](C(=O)N[C@H](C)C(=O)O)[C@H]1CCCC[C@H]1[N+](=O)[O-]. The van der Waals surface area contributed by atoms with Crippen LogP contribution in [0.4, 0.5) is 0 Å². The number of nitrogens with one attached hydrogen (secondary N) is 1. The van der Waals surface area contributed by atoms with E-state index in [0.29, 0.717) is 19.3 Å². The number of carboxylic acids is 1. The van der Waals surface area contributed by atoms with Crippen molar-refractivity contribution in [3.05, 3.63) is 10.1 Å². The first kappa shape index (κ1) is 16.4. The van der Waals surface area contributed by atoms with E-state index in [1.165, 1.54) is 6.92 Å². The van der Waals surface area contributed by atoms with Crippen molar-refractivity contribution in [1.29, 1.82) is 0 Å². The normalized spacial score (nSPS) is 25.5. The zero-order valence-corrected chi connectivity index (χ0v) is 11.9. The van der Waals surface area contributed by atoms with Crippen LogP contribution in [0.3, 0.4) is 0 Å². The van der Waals surface area contributed by atoms with E-state index in [2.05, 4.69) is 5.32 Å². The summed E-state index contributed by atoms with van der Waals surface area (Å²) in [6, 6.07) is -1.67. The summed E-state index contributed by atoms with van der Waals surface area (Å²) in [6.07, 6.45) is 3.32. The Kier molecular flexibility index (Phi) is 5.91. The van der Waals surface area contributed by atoms with E-state index in [0.717, 1.165) is 12.8 Å². The van der Waals surface area contributed by atoms with E-state index >= 15 is 0 Å². The molecule has 1 aliphatic rings. The van der Waals surface area contributed by atoms with Crippen LogP contribution in [0.25, 0.3) is 0 Å². The predicted molar refractivity (Wildman–Crippen MR) is 71.8 cm³/mol. The summed E-state index contributed by atoms with van der Waals surface area (Å²) in [5, 5.41) is 22.4. The molecular weight excluding hydrogens is 264 g/mol. The van der Waals surface area contributed by atoms with Crippen LogP contribution < -0.4 is 5.32 Å². The summed E-state index contributed by atoms with van der Waals surface area (Å²) < 4.78 is 0. The number of carbonyl (C=O) groups is 2. The number of nitro groups is 1. The number of carboxylic acid groups (broad SMARTS) is 1. The van der Waals surface area contributed by atoms with E-state index in [1.807, 2.05) is 0 Å². The van der Waals surface area contributed by atoms with E-state index in [1.54, 1.807) is 6.92 Å². The zero-order valence-electron chi connectivity index (χ0n) is 11.9. The molecule has 0 aromatic rings. The lowest BCUT2D eigenvalue weighted by molar-refractivity contribution is -0.537. The van der Waals surface area contributed by atoms with E-state index in [-0.39, 0.29) is 16.7 Å². The smallest absolute Gasteiger partial charge is 0.325 e. The second-order valence-corrected chi connectivity index (χ2v) is 5.38. The standard InChI is InChI=1S/C13H22N2O5/c1-3-9(12(16)14-8(2)13(17)18)10-6-4-5-7-11(10)15(19)20/h8-11H,3-7H2,1-2H3,(H,14,16)(H,17,18)/t8-,9-,10-,11-/m1/s1. The molecule has 114 valence electrons. The fourth-order valence-corrected chi connectivity index (χ4v) is 2.94. The molecule has 0 saturated heterocycles. The van der Waals surface area contributed by atoms with Crippen molar-refractivity contribution < 1.29 is 19.6 Å². The minimum atomic E-state index is -1.11. The van der Waals surface area contributed by atoms with Crippen molar-refractivity contribution in [2.45, 2.75) is 58.0 Å². The lowest BCUT2D eigenvalue weighted by atomic mass is 9.75. The summed E-state index contributed by atoms with van der Waals surface area (Å²) in [4.78, 5) is 33.8. The van der Waals surface area contributed by atoms with Crippen LogP contribution in [0.2, 0.25) is 0 Å². The predicted octanol–water partition coefficient (Wildman–Crippen LogP) is 1.44. The highest BCUT2D eigenvalue weighted by Gasteiger charge is 2.41. The van der Waals surface area contributed by atoms with Gasteiger partial charge in [-0.05, 0) is 26.2 Å². The van der Waals surface area contributed by atoms with Crippen LogP contribution in [-0.2, 0) is 9.59 Å². The van der Waals surface area contributed by atoms with Crippen molar-refractivity contribution in [1.82, 2.24) is 5.32 Å². The van der Waals surface area contributed by atoms with Crippen molar-refractivity contribution in [2.75, 3.05) is 0 Å². The van der Waals surface area contributed by atoms with Gasteiger partial charge in [0.2, 0.25) is 11.9 Å². The van der Waals surface area contributed by atoms with Gasteiger partial charge in [0.25, 0.3) is 0 Å². The quantitative estimate of drug-likeness (QED) is 0.567. The molecule has 0 heterocycles. The molecule has 1 rings (SSSR count). The molecule has 0 spiro atoms. The first-order valence-corrected chi connectivity index (χ1v) is 7.05. The molecule has 0 aromatic carbocycles. The number of carbonyl (C=O) groups excluding carboxylic acids is 1. The Hall–Kier alpha value is -1.66. The van der Waals surface area contributed by atoms with E-state index < -0.39 is 24.0 Å². The van der Waals surface area contributed by atoms with Crippen molar-refractivity contribution in [3.8, 4) is 0 Å². The maximum atomic E-state index is 12.2. The number of hydrogen-bond acceptors (Lipinski definition) is 4. The Morgan fingerprint density at radius 2 is 2.00 bits per heavy atom. The second-order valence-electron chi connectivity index (χ2n) is 5.38. The van der Waals surface area contributed by atoms with Gasteiger partial charge in [-0.15, -0.1) is 0 Å². The van der Waals surface area contributed by atoms with Gasteiger partial charge in [-0.2, -0.15) is 0 Å². The van der Waals surface area contributed by atoms with Gasteiger partial charge in [0.05, 0.1) is 0 Å². The van der Waals surface area contributed by atoms with Crippen LogP contribution >= 0.6 is 0 Å². The van der Waals surface area contributed by atoms with Gasteiger partial charge >= 0.3 is 5.97 Å². The lowest BCUT2D eigenvalue weighted by Crippen LogP contribution is -2.47. The molecule has 1 saturated carbocycles. The Morgan fingerprint density at radius 1 is 1.40 bits per heavy atom. The van der Waals surface area contributed by atoms with Gasteiger partial charge in [-0.1, -0.05) is 13.3 Å². The van der Waals surface area contributed by atoms with Gasteiger partial charge in [0.15, 0.2) is 0 Å². The number of amides is 1. The van der Waals surface area contributed by atoms with Gasteiger partial charge in [0.1, 0.15) is 6.04 Å². The first-order valence-electron chi connectivity index (χ1n) is 7.05. The minimum Gasteiger partial charge on any atom is -0.480 e. The molecule has 1 aliphatic carbocycles. The van der Waals surface area contributed by atoms with Crippen LogP contribution in [0.5, 0.6) is 0 Å². The Bertz CT molecular complexity index is 385. The Labute approximate surface area is 117 Å². The Balaban J connectivity index is 2.79. The van der Waals surface area contributed by atoms with E-state index in [9.17, 15) is 19.7 Å². The van der Waals surface area contributed by atoms with Crippen LogP contribution in [0.15, 0.2) is 0 Å². The summed E-state index contributed by atoms with van der Waals surface area (Å²) in [6.45, 7) is 3.19. The highest BCUT2D eigenvalue weighted by atomic mass is 16.6. The van der Waals surface area contributed by atoms with Crippen LogP contribution in [0.1, 0.15) is 46.0 Å². The first-order chi connectivity index (χ1) is 9.38. The number of hydrogen-bond donors (Lipinski definition) is 2. The number of aliphatic carboxylic acids is 1. The van der Waals surface area contributed by atoms with Crippen molar-refractivity contribution in [2.24, 2.45) is 11.8 Å². The average molecular weight is 286 g/mol. The fourth-order valence-electron chi connectivity index (χ4n) is 2.94. The lowest BCUT2D eigenvalue weighted by Gasteiger charge is -2.31. The topological polar surface area (TPSA) is 110 Å². The molecule has 0 aliphatic heterocycles. The molecule has 7 heteroatoms. The van der Waals surface area contributed by atoms with Crippen LogP contribution in [0, 0.1) is 22.0 Å². The molecule has 0 unspecified atom stereocenters. The third kappa shape index (κ3) is 3.91. The van der Waals surface area contributed by atoms with Crippen molar-refractivity contribution >= 4 is 11.9 Å². The van der Waals surface area contributed by atoms with E-state index in [4.69, 9.17) is 5.11 Å². The summed E-state index contributed by atoms with van der Waals surface area (Å²) >= 11 is 0. The molecule has 0 bridgehead atoms. The number of nitrogens with zero attached hydrogens (tertiary/aromatic N) is 1. The zero-order chi connectivity index (χ0) is 15.3. The second kappa shape index (κ2) is 7.21. The van der Waals surface area contributed by atoms with Gasteiger partial charge in [-0.3, -0.25) is 19.7 Å². The fraction of sp³-hybridized carbons (Fsp3) is 0.846. The maximum Gasteiger partial charge on any atom is 0.325 e. The Morgan fingerprint density at radius 3 is 2.50 bits per heavy atom. The third-order valence-corrected chi connectivity index (χ3v) is 4.07. The third-order valence-electron chi connectivity index (χ3n) is 4.07. The molecule has 4 atom stereocenters. The van der Waals surface area contributed by atoms with Crippen molar-refractivity contribution in [3.63, 3.8) is 0 Å². The molecule has 2 N–H and O–H groups in total. The molecule has 0 aromatic heterocycles.